The summed E-state index contributed by atoms with van der Waals surface area (Å²) in [4.78, 5) is 15.4. The van der Waals surface area contributed by atoms with E-state index >= 15 is 0 Å². The van der Waals surface area contributed by atoms with E-state index in [1.165, 1.54) is 0 Å². The summed E-state index contributed by atoms with van der Waals surface area (Å²) in [5.41, 5.74) is 1.87. The molecule has 7 nitrogen and oxygen atoms in total. The molecule has 3 rings (SSSR count). The Morgan fingerprint density at radius 1 is 1.48 bits per heavy atom. The molecule has 1 atom stereocenters. The number of hydrogen-bond acceptors (Lipinski definition) is 5. The molecule has 2 aromatic rings. The van der Waals surface area contributed by atoms with Gasteiger partial charge in [-0.1, -0.05) is 0 Å². The van der Waals surface area contributed by atoms with Gasteiger partial charge in [0.1, 0.15) is 4.47 Å². The highest BCUT2D eigenvalue weighted by Gasteiger charge is 2.24. The van der Waals surface area contributed by atoms with Crippen LogP contribution in [-0.2, 0) is 16.0 Å². The molecule has 0 spiro atoms. The van der Waals surface area contributed by atoms with Crippen molar-refractivity contribution in [3.05, 3.63) is 25.1 Å². The average molecular weight is 475 g/mol. The van der Waals surface area contributed by atoms with Crippen LogP contribution in [0.25, 0.3) is 11.0 Å². The summed E-state index contributed by atoms with van der Waals surface area (Å²) in [6, 6.07) is 1.86. The molecule has 1 aliphatic rings. The fourth-order valence-electron chi connectivity index (χ4n) is 3.03. The van der Waals surface area contributed by atoms with Crippen molar-refractivity contribution in [2.45, 2.75) is 38.5 Å². The third-order valence-corrected chi connectivity index (χ3v) is 6.21. The Morgan fingerprint density at radius 2 is 2.28 bits per heavy atom. The van der Waals surface area contributed by atoms with Crippen LogP contribution < -0.4 is 5.72 Å². The van der Waals surface area contributed by atoms with E-state index in [1.807, 2.05) is 18.5 Å². The Morgan fingerprint density at radius 3 is 2.96 bits per heavy atom. The minimum Gasteiger partial charge on any atom is -0.353 e. The topological polar surface area (TPSA) is 79.4 Å². The van der Waals surface area contributed by atoms with E-state index in [4.69, 9.17) is 9.47 Å². The maximum absolute atomic E-state index is 11.4. The van der Waals surface area contributed by atoms with Gasteiger partial charge in [0.05, 0.1) is 22.8 Å². The van der Waals surface area contributed by atoms with Gasteiger partial charge in [0.25, 0.3) is 0 Å². The summed E-state index contributed by atoms with van der Waals surface area (Å²) in [7, 11) is 1.86. The van der Waals surface area contributed by atoms with Crippen LogP contribution in [0.15, 0.2) is 15.0 Å². The molecular formula is C15H18BBr2N3O4. The average Bonchev–Trinajstić information content (AvgIpc) is 2.88. The highest BCUT2D eigenvalue weighted by atomic mass is 79.9. The lowest BCUT2D eigenvalue weighted by atomic mass is 10.1. The van der Waals surface area contributed by atoms with Crippen molar-refractivity contribution in [2.75, 3.05) is 13.2 Å². The molecule has 0 bridgehead atoms. The molecule has 1 aliphatic heterocycles. The van der Waals surface area contributed by atoms with Crippen LogP contribution in [0.1, 0.15) is 25.7 Å². The summed E-state index contributed by atoms with van der Waals surface area (Å²) >= 11 is 6.65. The molecule has 0 aliphatic carbocycles. The molecule has 1 unspecified atom stereocenters. The number of nitro groups is 1. The largest absolute Gasteiger partial charge is 0.353 e. The summed E-state index contributed by atoms with van der Waals surface area (Å²) in [5.74, 6) is 0. The second-order valence-corrected chi connectivity index (χ2v) is 7.62. The van der Waals surface area contributed by atoms with E-state index < -0.39 is 4.92 Å². The minimum absolute atomic E-state index is 0.0157. The summed E-state index contributed by atoms with van der Waals surface area (Å²) in [5, 5.41) is 11.4. The second-order valence-electron chi connectivity index (χ2n) is 5.98. The lowest BCUT2D eigenvalue weighted by molar-refractivity contribution is -0.384. The van der Waals surface area contributed by atoms with Crippen LogP contribution in [-0.4, -0.2) is 41.8 Å². The van der Waals surface area contributed by atoms with Crippen molar-refractivity contribution in [3.63, 3.8) is 0 Å². The fourth-order valence-corrected chi connectivity index (χ4v) is 3.88. The van der Waals surface area contributed by atoms with Crippen LogP contribution in [0, 0.1) is 10.1 Å². The van der Waals surface area contributed by atoms with Crippen molar-refractivity contribution in [2.24, 2.45) is 0 Å². The summed E-state index contributed by atoms with van der Waals surface area (Å²) in [6.45, 7) is 2.03. The standard InChI is InChI=1S/C15H18BBr2N3O4/c16-15-19-13-10(8-9(17)12(18)14(13)21(22)23)20(15)5-3-7-25-11-4-1-2-6-24-11/h8,11H,1-7,16H2. The number of fused-ring (bicyclic) bond motifs is 1. The van der Waals surface area contributed by atoms with Crippen molar-refractivity contribution in [3.8, 4) is 0 Å². The highest BCUT2D eigenvalue weighted by Crippen LogP contribution is 2.38. The maximum Gasteiger partial charge on any atom is 0.312 e. The van der Waals surface area contributed by atoms with Crippen LogP contribution in [0.5, 0.6) is 0 Å². The van der Waals surface area contributed by atoms with Crippen molar-refractivity contribution < 1.29 is 14.4 Å². The van der Waals surface area contributed by atoms with Gasteiger partial charge in [0.2, 0.25) is 0 Å². The third kappa shape index (κ3) is 4.07. The Labute approximate surface area is 162 Å². The molecule has 0 saturated carbocycles. The number of aryl methyl sites for hydroxylation is 1. The molecule has 25 heavy (non-hydrogen) atoms. The summed E-state index contributed by atoms with van der Waals surface area (Å²) < 4.78 is 14.3. The molecule has 0 radical (unpaired) electrons. The van der Waals surface area contributed by atoms with Gasteiger partial charge in [-0.05, 0) is 63.6 Å². The molecule has 1 aromatic heterocycles. The van der Waals surface area contributed by atoms with Gasteiger partial charge < -0.3 is 14.0 Å². The van der Waals surface area contributed by atoms with E-state index in [9.17, 15) is 10.1 Å². The predicted octanol–water partition coefficient (Wildman–Crippen LogP) is 2.66. The lowest BCUT2D eigenvalue weighted by Crippen LogP contribution is -2.24. The molecular weight excluding hydrogens is 457 g/mol. The van der Waals surface area contributed by atoms with E-state index in [-0.39, 0.29) is 12.0 Å². The number of nitro benzene ring substituents is 1. The number of imidazole rings is 1. The SMILES string of the molecule is Bc1nc2c([N+](=O)[O-])c(Br)c(Br)cc2n1CCCOC1CCCCO1. The van der Waals surface area contributed by atoms with Gasteiger partial charge in [-0.2, -0.15) is 0 Å². The molecule has 0 N–H and O–H groups in total. The normalized spacial score (nSPS) is 17.9. The number of halogens is 2. The Kier molecular flexibility index (Phi) is 6.14. The zero-order valence-electron chi connectivity index (χ0n) is 13.8. The van der Waals surface area contributed by atoms with E-state index in [0.29, 0.717) is 27.6 Å². The van der Waals surface area contributed by atoms with E-state index in [2.05, 4.69) is 36.8 Å². The van der Waals surface area contributed by atoms with Crippen LogP contribution in [0.3, 0.4) is 0 Å². The first-order valence-electron chi connectivity index (χ1n) is 8.21. The van der Waals surface area contributed by atoms with Crippen molar-refractivity contribution in [1.82, 2.24) is 9.55 Å². The fraction of sp³-hybridized carbons (Fsp3) is 0.533. The maximum atomic E-state index is 11.4. The van der Waals surface area contributed by atoms with Crippen LogP contribution in [0.4, 0.5) is 5.69 Å². The van der Waals surface area contributed by atoms with Gasteiger partial charge >= 0.3 is 5.69 Å². The summed E-state index contributed by atoms with van der Waals surface area (Å²) in [6.07, 6.45) is 3.88. The van der Waals surface area contributed by atoms with Gasteiger partial charge in [-0.25, -0.2) is 4.98 Å². The zero-order valence-corrected chi connectivity index (χ0v) is 17.0. The number of ether oxygens (including phenoxy) is 2. The molecule has 2 heterocycles. The molecule has 134 valence electrons. The number of benzene rings is 1. The van der Waals surface area contributed by atoms with Gasteiger partial charge in [0.15, 0.2) is 19.7 Å². The number of aromatic nitrogens is 2. The molecule has 1 saturated heterocycles. The predicted molar refractivity (Wildman–Crippen MR) is 104 cm³/mol. The van der Waals surface area contributed by atoms with Gasteiger partial charge in [0, 0.05) is 17.6 Å². The monoisotopic (exact) mass is 473 g/mol. The lowest BCUT2D eigenvalue weighted by Gasteiger charge is -2.22. The van der Waals surface area contributed by atoms with Crippen LogP contribution in [0.2, 0.25) is 0 Å². The Hall–Kier alpha value is -0.965. The minimum atomic E-state index is -0.405. The second kappa shape index (κ2) is 8.15. The van der Waals surface area contributed by atoms with Crippen molar-refractivity contribution >= 4 is 62.2 Å². The quantitative estimate of drug-likeness (QED) is 0.278. The first kappa shape index (κ1) is 18.8. The number of hydrogen-bond donors (Lipinski definition) is 0. The Balaban J connectivity index is 1.75. The highest BCUT2D eigenvalue weighted by molar-refractivity contribution is 9.13. The van der Waals surface area contributed by atoms with Gasteiger partial charge in [-0.3, -0.25) is 10.1 Å². The Bertz CT molecular complexity index is 793. The molecule has 1 aromatic carbocycles. The number of nitrogens with zero attached hydrogens (tertiary/aromatic N) is 3. The zero-order chi connectivity index (χ0) is 18.0. The molecule has 10 heteroatoms. The third-order valence-electron chi connectivity index (χ3n) is 4.25. The van der Waals surface area contributed by atoms with E-state index in [0.717, 1.165) is 43.5 Å². The number of rotatable bonds is 6. The van der Waals surface area contributed by atoms with Gasteiger partial charge in [-0.15, -0.1) is 0 Å². The first-order valence-corrected chi connectivity index (χ1v) is 9.80. The molecule has 1 fully saturated rings. The van der Waals surface area contributed by atoms with E-state index in [1.54, 1.807) is 0 Å². The van der Waals surface area contributed by atoms with Crippen molar-refractivity contribution in [1.29, 1.82) is 0 Å². The molecule has 0 amide bonds. The first-order chi connectivity index (χ1) is 12.0. The smallest absolute Gasteiger partial charge is 0.312 e. The van der Waals surface area contributed by atoms with Crippen LogP contribution >= 0.6 is 31.9 Å².